The molecule has 0 atom stereocenters. The van der Waals surface area contributed by atoms with Crippen LogP contribution in [0.5, 0.6) is 0 Å². The van der Waals surface area contributed by atoms with E-state index in [4.69, 9.17) is 5.11 Å². The number of hydrogen-bond acceptors (Lipinski definition) is 5. The number of hydrogen-bond donors (Lipinski definition) is 2. The Balaban J connectivity index is 2.35. The highest BCUT2D eigenvalue weighted by atomic mass is 79.9. The molecule has 0 aliphatic carbocycles. The van der Waals surface area contributed by atoms with Crippen molar-refractivity contribution in [2.75, 3.05) is 7.05 Å². The van der Waals surface area contributed by atoms with Crippen LogP contribution in [0.1, 0.15) is 20.9 Å². The molecule has 0 fully saturated rings. The molecule has 0 saturated heterocycles. The molecule has 0 bridgehead atoms. The van der Waals surface area contributed by atoms with Crippen LogP contribution < -0.4 is 0 Å². The van der Waals surface area contributed by atoms with Gasteiger partial charge in [0.1, 0.15) is 5.56 Å². The number of carboxylic acids is 1. The van der Waals surface area contributed by atoms with Crippen molar-refractivity contribution in [2.24, 2.45) is 0 Å². The minimum absolute atomic E-state index is 0.142. The number of nitrogens with zero attached hydrogens (tertiary/aromatic N) is 2. The van der Waals surface area contributed by atoms with E-state index in [9.17, 15) is 13.2 Å². The maximum Gasteiger partial charge on any atom is 0.340 e. The van der Waals surface area contributed by atoms with Crippen LogP contribution in [0.15, 0.2) is 20.9 Å². The monoisotopic (exact) mass is 393 g/mol. The summed E-state index contributed by atoms with van der Waals surface area (Å²) in [6.45, 7) is 1.61. The fourth-order valence-electron chi connectivity index (χ4n) is 1.73. The van der Waals surface area contributed by atoms with Crippen molar-refractivity contribution in [2.45, 2.75) is 18.5 Å². The fourth-order valence-corrected chi connectivity index (χ4v) is 4.58. The van der Waals surface area contributed by atoms with Gasteiger partial charge < -0.3 is 5.11 Å². The van der Waals surface area contributed by atoms with E-state index in [1.54, 1.807) is 0 Å². The zero-order valence-corrected chi connectivity index (χ0v) is 14.3. The second-order valence-electron chi connectivity index (χ2n) is 4.33. The molecule has 2 N–H and O–H groups in total. The van der Waals surface area contributed by atoms with E-state index in [1.807, 2.05) is 11.4 Å². The van der Waals surface area contributed by atoms with Gasteiger partial charge in [-0.3, -0.25) is 5.10 Å². The van der Waals surface area contributed by atoms with Gasteiger partial charge in [0, 0.05) is 34.0 Å². The van der Waals surface area contributed by atoms with Crippen molar-refractivity contribution in [3.63, 3.8) is 0 Å². The van der Waals surface area contributed by atoms with Crippen LogP contribution in [0.3, 0.4) is 0 Å². The predicted molar refractivity (Wildman–Crippen MR) is 81.0 cm³/mol. The summed E-state index contributed by atoms with van der Waals surface area (Å²) in [5.74, 6) is -1.33. The van der Waals surface area contributed by atoms with E-state index in [1.165, 1.54) is 25.3 Å². The number of thiophene rings is 1. The van der Waals surface area contributed by atoms with Gasteiger partial charge in [0.2, 0.25) is 5.03 Å². The molecule has 0 aliphatic rings. The smallest absolute Gasteiger partial charge is 0.340 e. The first kappa shape index (κ1) is 16.1. The third-order valence-corrected chi connectivity index (χ3v) is 6.20. The number of halogens is 1. The quantitative estimate of drug-likeness (QED) is 0.808. The number of aromatic carboxylic acids is 1. The van der Waals surface area contributed by atoms with Crippen molar-refractivity contribution in [3.8, 4) is 0 Å². The van der Waals surface area contributed by atoms with E-state index in [0.717, 1.165) is 13.7 Å². The Kier molecular flexibility index (Phi) is 4.51. The second-order valence-corrected chi connectivity index (χ2v) is 8.20. The molecule has 2 aromatic rings. The summed E-state index contributed by atoms with van der Waals surface area (Å²) < 4.78 is 26.9. The fraction of sp³-hybridized carbons (Fsp3) is 0.273. The van der Waals surface area contributed by atoms with E-state index in [2.05, 4.69) is 26.1 Å². The average molecular weight is 394 g/mol. The van der Waals surface area contributed by atoms with Crippen LogP contribution in [0.4, 0.5) is 0 Å². The van der Waals surface area contributed by atoms with Gasteiger partial charge in [0.15, 0.2) is 0 Å². The van der Waals surface area contributed by atoms with Crippen molar-refractivity contribution in [1.82, 2.24) is 14.5 Å². The second kappa shape index (κ2) is 5.87. The van der Waals surface area contributed by atoms with Gasteiger partial charge in [-0.25, -0.2) is 13.2 Å². The first-order valence-corrected chi connectivity index (χ1v) is 8.82. The molecule has 21 heavy (non-hydrogen) atoms. The lowest BCUT2D eigenvalue weighted by Gasteiger charge is -2.15. The number of nitrogens with one attached hydrogen (secondary N) is 1. The summed E-state index contributed by atoms with van der Waals surface area (Å²) >= 11 is 4.71. The Morgan fingerprint density at radius 3 is 2.76 bits per heavy atom. The molecular weight excluding hydrogens is 382 g/mol. The van der Waals surface area contributed by atoms with Gasteiger partial charge in [0.05, 0.1) is 0 Å². The third-order valence-electron chi connectivity index (χ3n) is 2.78. The molecule has 0 saturated carbocycles. The maximum absolute atomic E-state index is 12.5. The zero-order chi connectivity index (χ0) is 15.8. The van der Waals surface area contributed by atoms with E-state index in [0.29, 0.717) is 0 Å². The molecule has 0 spiro atoms. The number of rotatable bonds is 5. The molecule has 114 valence electrons. The Hall–Kier alpha value is -1.23. The minimum Gasteiger partial charge on any atom is -0.478 e. The third kappa shape index (κ3) is 3.18. The van der Waals surface area contributed by atoms with Crippen molar-refractivity contribution < 1.29 is 18.3 Å². The molecule has 10 heteroatoms. The number of carbonyl (C=O) groups is 1. The van der Waals surface area contributed by atoms with E-state index in [-0.39, 0.29) is 17.8 Å². The number of carboxylic acid groups (broad SMARTS) is 1. The van der Waals surface area contributed by atoms with Gasteiger partial charge in [0.25, 0.3) is 10.0 Å². The Bertz CT molecular complexity index is 781. The summed E-state index contributed by atoms with van der Waals surface area (Å²) in [7, 11) is -2.59. The highest BCUT2D eigenvalue weighted by molar-refractivity contribution is 9.10. The van der Waals surface area contributed by atoms with Crippen LogP contribution in [0.25, 0.3) is 0 Å². The van der Waals surface area contributed by atoms with Crippen molar-refractivity contribution >= 4 is 43.3 Å². The first-order chi connectivity index (χ1) is 9.73. The number of H-pyrrole nitrogens is 1. The predicted octanol–water partition coefficient (Wildman–Crippen LogP) is 2.06. The van der Waals surface area contributed by atoms with Crippen LogP contribution in [-0.4, -0.2) is 41.0 Å². The molecule has 0 radical (unpaired) electrons. The minimum atomic E-state index is -3.98. The Morgan fingerprint density at radius 2 is 2.24 bits per heavy atom. The highest BCUT2D eigenvalue weighted by Crippen LogP contribution is 2.24. The highest BCUT2D eigenvalue weighted by Gasteiger charge is 2.31. The number of sulfonamides is 1. The van der Waals surface area contributed by atoms with Crippen molar-refractivity contribution in [3.05, 3.63) is 32.1 Å². The standard InChI is InChI=1S/C11H12BrN3O4S2/c1-6-9(11(16)17)10(14-13-6)21(18,19)15(2)4-8-3-7(12)5-20-8/h3,5H,4H2,1-2H3,(H,13,14)(H,16,17). The van der Waals surface area contributed by atoms with Gasteiger partial charge in [-0.1, -0.05) is 0 Å². The van der Waals surface area contributed by atoms with Gasteiger partial charge in [-0.15, -0.1) is 11.3 Å². The number of aryl methyl sites for hydroxylation is 1. The Morgan fingerprint density at radius 1 is 1.57 bits per heavy atom. The molecule has 0 aliphatic heterocycles. The molecule has 2 heterocycles. The van der Waals surface area contributed by atoms with E-state index < -0.39 is 21.0 Å². The lowest BCUT2D eigenvalue weighted by Crippen LogP contribution is -2.28. The summed E-state index contributed by atoms with van der Waals surface area (Å²) in [6.07, 6.45) is 0. The summed E-state index contributed by atoms with van der Waals surface area (Å²) in [6, 6.07) is 1.81. The van der Waals surface area contributed by atoms with Crippen LogP contribution in [-0.2, 0) is 16.6 Å². The maximum atomic E-state index is 12.5. The van der Waals surface area contributed by atoms with Gasteiger partial charge in [-0.2, -0.15) is 9.40 Å². The SMILES string of the molecule is Cc1[nH]nc(S(=O)(=O)N(C)Cc2cc(Br)cs2)c1C(=O)O. The summed E-state index contributed by atoms with van der Waals surface area (Å²) in [4.78, 5) is 12.0. The van der Waals surface area contributed by atoms with Crippen molar-refractivity contribution in [1.29, 1.82) is 0 Å². The normalized spacial score (nSPS) is 12.0. The molecule has 0 unspecified atom stereocenters. The molecular formula is C11H12BrN3O4S2. The van der Waals surface area contributed by atoms with Crippen LogP contribution in [0, 0.1) is 6.92 Å². The summed E-state index contributed by atoms with van der Waals surface area (Å²) in [5, 5.41) is 16.5. The number of aromatic nitrogens is 2. The molecule has 0 amide bonds. The summed E-state index contributed by atoms with van der Waals surface area (Å²) in [5.41, 5.74) is -0.123. The largest absolute Gasteiger partial charge is 0.478 e. The lowest BCUT2D eigenvalue weighted by molar-refractivity contribution is 0.0691. The van der Waals surface area contributed by atoms with Gasteiger partial charge >= 0.3 is 5.97 Å². The van der Waals surface area contributed by atoms with Gasteiger partial charge in [-0.05, 0) is 28.9 Å². The topological polar surface area (TPSA) is 103 Å². The number of aromatic amines is 1. The molecule has 2 rings (SSSR count). The van der Waals surface area contributed by atoms with Crippen LogP contribution >= 0.6 is 27.3 Å². The molecule has 0 aromatic carbocycles. The molecule has 7 nitrogen and oxygen atoms in total. The average Bonchev–Trinajstić information content (AvgIpc) is 2.95. The lowest BCUT2D eigenvalue weighted by atomic mass is 10.3. The van der Waals surface area contributed by atoms with Crippen LogP contribution in [0.2, 0.25) is 0 Å². The Labute approximate surface area is 133 Å². The molecule has 2 aromatic heterocycles. The zero-order valence-electron chi connectivity index (χ0n) is 11.1. The first-order valence-electron chi connectivity index (χ1n) is 5.71. The van der Waals surface area contributed by atoms with E-state index >= 15 is 0 Å².